The van der Waals surface area contributed by atoms with Gasteiger partial charge in [0, 0.05) is 12.8 Å². The van der Waals surface area contributed by atoms with Gasteiger partial charge in [0.2, 0.25) is 11.8 Å². The molecular formula is C16H16ClN3O3. The van der Waals surface area contributed by atoms with E-state index in [4.69, 9.17) is 16.0 Å². The molecule has 7 heteroatoms. The van der Waals surface area contributed by atoms with Crippen molar-refractivity contribution in [2.75, 3.05) is 5.32 Å². The van der Waals surface area contributed by atoms with E-state index in [1.165, 1.54) is 6.21 Å². The second kappa shape index (κ2) is 8.14. The van der Waals surface area contributed by atoms with Crippen molar-refractivity contribution in [2.24, 2.45) is 5.10 Å². The van der Waals surface area contributed by atoms with E-state index >= 15 is 0 Å². The predicted octanol–water partition coefficient (Wildman–Crippen LogP) is 3.11. The zero-order valence-electron chi connectivity index (χ0n) is 12.5. The van der Waals surface area contributed by atoms with Crippen LogP contribution < -0.4 is 10.7 Å². The van der Waals surface area contributed by atoms with Crippen molar-refractivity contribution in [3.63, 3.8) is 0 Å². The molecule has 0 fully saturated rings. The Hall–Kier alpha value is -2.60. The molecule has 2 rings (SSSR count). The van der Waals surface area contributed by atoms with E-state index in [1.54, 1.807) is 36.4 Å². The number of anilines is 1. The second-order valence-corrected chi connectivity index (χ2v) is 5.18. The van der Waals surface area contributed by atoms with Crippen molar-refractivity contribution in [3.8, 4) is 0 Å². The molecule has 2 amide bonds. The van der Waals surface area contributed by atoms with Crippen LogP contribution in [-0.2, 0) is 9.59 Å². The van der Waals surface area contributed by atoms with Crippen LogP contribution in [0.5, 0.6) is 0 Å². The first kappa shape index (κ1) is 16.8. The van der Waals surface area contributed by atoms with Gasteiger partial charge in [0.15, 0.2) is 0 Å². The highest BCUT2D eigenvalue weighted by Crippen LogP contribution is 2.20. The highest BCUT2D eigenvalue weighted by atomic mass is 35.5. The van der Waals surface area contributed by atoms with Gasteiger partial charge in [-0.1, -0.05) is 23.7 Å². The number of aryl methyl sites for hydroxylation is 1. The summed E-state index contributed by atoms with van der Waals surface area (Å²) in [5, 5.41) is 6.85. The molecule has 23 heavy (non-hydrogen) atoms. The number of rotatable bonds is 6. The lowest BCUT2D eigenvalue weighted by Gasteiger charge is -2.06. The van der Waals surface area contributed by atoms with Gasteiger partial charge in [0.05, 0.1) is 16.9 Å². The zero-order chi connectivity index (χ0) is 16.7. The van der Waals surface area contributed by atoms with Crippen molar-refractivity contribution in [3.05, 3.63) is 52.9 Å². The Morgan fingerprint density at radius 1 is 1.17 bits per heavy atom. The minimum Gasteiger partial charge on any atom is -0.460 e. The summed E-state index contributed by atoms with van der Waals surface area (Å²) in [6.45, 7) is 1.81. The standard InChI is InChI=1S/C16H16ClN3O3/c1-11-6-7-12(23-11)10-18-20-16(22)9-8-15(21)19-14-5-3-2-4-13(14)17/h2-7,10H,8-9H2,1H3,(H,19,21)(H,20,22). The Kier molecular flexibility index (Phi) is 5.94. The Morgan fingerprint density at radius 3 is 2.61 bits per heavy atom. The van der Waals surface area contributed by atoms with Crippen LogP contribution in [0.1, 0.15) is 24.4 Å². The van der Waals surface area contributed by atoms with Gasteiger partial charge in [-0.15, -0.1) is 0 Å². The Labute approximate surface area is 138 Å². The van der Waals surface area contributed by atoms with Gasteiger partial charge in [0.25, 0.3) is 0 Å². The maximum atomic E-state index is 11.8. The summed E-state index contributed by atoms with van der Waals surface area (Å²) in [6, 6.07) is 10.4. The smallest absolute Gasteiger partial charge is 0.240 e. The topological polar surface area (TPSA) is 83.7 Å². The van der Waals surface area contributed by atoms with Gasteiger partial charge >= 0.3 is 0 Å². The number of benzene rings is 1. The fourth-order valence-electron chi connectivity index (χ4n) is 1.75. The summed E-state index contributed by atoms with van der Waals surface area (Å²) in [4.78, 5) is 23.4. The van der Waals surface area contributed by atoms with Gasteiger partial charge in [-0.25, -0.2) is 5.43 Å². The number of hydrazone groups is 1. The maximum absolute atomic E-state index is 11.8. The van der Waals surface area contributed by atoms with Crippen molar-refractivity contribution in [1.29, 1.82) is 0 Å². The van der Waals surface area contributed by atoms with Crippen LogP contribution in [0.3, 0.4) is 0 Å². The zero-order valence-corrected chi connectivity index (χ0v) is 13.3. The van der Waals surface area contributed by atoms with E-state index in [-0.39, 0.29) is 24.7 Å². The molecule has 0 saturated heterocycles. The van der Waals surface area contributed by atoms with Crippen LogP contribution in [-0.4, -0.2) is 18.0 Å². The molecule has 1 heterocycles. The third-order valence-corrected chi connectivity index (χ3v) is 3.20. The van der Waals surface area contributed by atoms with Gasteiger partial charge in [-0.05, 0) is 31.2 Å². The summed E-state index contributed by atoms with van der Waals surface area (Å²) in [6.07, 6.45) is 1.45. The highest BCUT2D eigenvalue weighted by molar-refractivity contribution is 6.33. The molecule has 0 aliphatic heterocycles. The number of para-hydroxylation sites is 1. The molecule has 0 saturated carbocycles. The van der Waals surface area contributed by atoms with Crippen LogP contribution in [0.15, 0.2) is 45.9 Å². The van der Waals surface area contributed by atoms with Crippen LogP contribution >= 0.6 is 11.6 Å². The molecule has 0 bridgehead atoms. The Morgan fingerprint density at radius 2 is 1.91 bits per heavy atom. The number of carbonyl (C=O) groups is 2. The Balaban J connectivity index is 1.72. The van der Waals surface area contributed by atoms with Crippen LogP contribution in [0.4, 0.5) is 5.69 Å². The largest absolute Gasteiger partial charge is 0.460 e. The first-order valence-electron chi connectivity index (χ1n) is 6.97. The first-order chi connectivity index (χ1) is 11.0. The number of hydrogen-bond acceptors (Lipinski definition) is 4. The average molecular weight is 334 g/mol. The third kappa shape index (κ3) is 5.60. The van der Waals surface area contributed by atoms with Gasteiger partial charge in [0.1, 0.15) is 11.5 Å². The van der Waals surface area contributed by atoms with Crippen molar-refractivity contribution in [1.82, 2.24) is 5.43 Å². The Bertz CT molecular complexity index is 725. The van der Waals surface area contributed by atoms with Crippen molar-refractivity contribution >= 4 is 35.3 Å². The molecule has 0 aliphatic rings. The molecule has 0 spiro atoms. The maximum Gasteiger partial charge on any atom is 0.240 e. The van der Waals surface area contributed by atoms with Crippen LogP contribution in [0.2, 0.25) is 5.02 Å². The number of nitrogens with one attached hydrogen (secondary N) is 2. The summed E-state index contributed by atoms with van der Waals surface area (Å²) in [7, 11) is 0. The van der Waals surface area contributed by atoms with Crippen LogP contribution in [0.25, 0.3) is 0 Å². The minimum absolute atomic E-state index is 0.0187. The van der Waals surface area contributed by atoms with Crippen molar-refractivity contribution in [2.45, 2.75) is 19.8 Å². The second-order valence-electron chi connectivity index (χ2n) is 4.77. The first-order valence-corrected chi connectivity index (χ1v) is 7.35. The summed E-state index contributed by atoms with van der Waals surface area (Å²) < 4.78 is 5.26. The molecule has 0 atom stereocenters. The summed E-state index contributed by atoms with van der Waals surface area (Å²) in [5.41, 5.74) is 2.85. The molecule has 0 unspecified atom stereocenters. The van der Waals surface area contributed by atoms with E-state index in [0.717, 1.165) is 5.76 Å². The third-order valence-electron chi connectivity index (χ3n) is 2.87. The summed E-state index contributed by atoms with van der Waals surface area (Å²) in [5.74, 6) is 0.644. The lowest BCUT2D eigenvalue weighted by Crippen LogP contribution is -2.20. The molecule has 2 N–H and O–H groups in total. The minimum atomic E-state index is -0.362. The van der Waals surface area contributed by atoms with E-state index < -0.39 is 0 Å². The van der Waals surface area contributed by atoms with Gasteiger partial charge in [-0.2, -0.15) is 5.10 Å². The SMILES string of the molecule is Cc1ccc(C=NNC(=O)CCC(=O)Nc2ccccc2Cl)o1. The molecule has 1 aromatic heterocycles. The van der Waals surface area contributed by atoms with E-state index in [0.29, 0.717) is 16.5 Å². The average Bonchev–Trinajstić information content (AvgIpc) is 2.93. The van der Waals surface area contributed by atoms with E-state index in [1.807, 2.05) is 6.92 Å². The monoisotopic (exact) mass is 333 g/mol. The molecule has 0 aliphatic carbocycles. The lowest BCUT2D eigenvalue weighted by molar-refractivity contribution is -0.124. The number of amides is 2. The number of nitrogens with zero attached hydrogens (tertiary/aromatic N) is 1. The molecule has 120 valence electrons. The van der Waals surface area contributed by atoms with E-state index in [9.17, 15) is 9.59 Å². The number of halogens is 1. The normalized spacial score (nSPS) is 10.7. The van der Waals surface area contributed by atoms with Crippen molar-refractivity contribution < 1.29 is 14.0 Å². The van der Waals surface area contributed by atoms with E-state index in [2.05, 4.69) is 15.8 Å². The summed E-state index contributed by atoms with van der Waals surface area (Å²) >= 11 is 5.94. The number of furan rings is 1. The molecule has 2 aromatic rings. The van der Waals surface area contributed by atoms with Gasteiger partial charge in [-0.3, -0.25) is 9.59 Å². The molecule has 6 nitrogen and oxygen atoms in total. The molecule has 1 aromatic carbocycles. The predicted molar refractivity (Wildman–Crippen MR) is 88.5 cm³/mol. The fraction of sp³-hybridized carbons (Fsp3) is 0.188. The number of carbonyl (C=O) groups excluding carboxylic acids is 2. The van der Waals surface area contributed by atoms with Crippen LogP contribution in [0, 0.1) is 6.92 Å². The lowest BCUT2D eigenvalue weighted by atomic mass is 10.2. The molecular weight excluding hydrogens is 318 g/mol. The molecule has 0 radical (unpaired) electrons. The van der Waals surface area contributed by atoms with Gasteiger partial charge < -0.3 is 9.73 Å². The quantitative estimate of drug-likeness (QED) is 0.629. The fourth-order valence-corrected chi connectivity index (χ4v) is 1.93. The number of hydrogen-bond donors (Lipinski definition) is 2. The highest BCUT2D eigenvalue weighted by Gasteiger charge is 2.08.